The quantitative estimate of drug-likeness (QED) is 0.864. The largest absolute Gasteiger partial charge is 0.381 e. The summed E-state index contributed by atoms with van der Waals surface area (Å²) in [5.41, 5.74) is 2.85. The van der Waals surface area contributed by atoms with Gasteiger partial charge >= 0.3 is 0 Å². The number of rotatable bonds is 5. The third kappa shape index (κ3) is 3.70. The Kier molecular flexibility index (Phi) is 3.97. The van der Waals surface area contributed by atoms with Gasteiger partial charge in [0.1, 0.15) is 0 Å². The van der Waals surface area contributed by atoms with E-state index in [0.29, 0.717) is 6.54 Å². The fourth-order valence-corrected chi connectivity index (χ4v) is 1.65. The first-order valence-electron chi connectivity index (χ1n) is 5.94. The summed E-state index contributed by atoms with van der Waals surface area (Å²) < 4.78 is 1.66. The maximum Gasteiger partial charge on any atom is 0.221 e. The van der Waals surface area contributed by atoms with Gasteiger partial charge in [0.15, 0.2) is 0 Å². The molecule has 2 aromatic rings. The van der Waals surface area contributed by atoms with E-state index in [1.165, 1.54) is 6.92 Å². The molecule has 0 saturated carbocycles. The average molecular weight is 256 g/mol. The van der Waals surface area contributed by atoms with Crippen molar-refractivity contribution in [1.29, 1.82) is 0 Å². The van der Waals surface area contributed by atoms with E-state index in [1.54, 1.807) is 17.1 Å². The number of benzene rings is 1. The molecule has 0 bridgehead atoms. The lowest BCUT2D eigenvalue weighted by Gasteiger charge is -2.06. The van der Waals surface area contributed by atoms with Crippen LogP contribution in [-0.2, 0) is 11.3 Å². The summed E-state index contributed by atoms with van der Waals surface area (Å²) in [6.07, 6.45) is 5.34. The molecule has 0 aliphatic rings. The van der Waals surface area contributed by atoms with Crippen LogP contribution in [0.1, 0.15) is 12.5 Å². The van der Waals surface area contributed by atoms with Crippen LogP contribution >= 0.6 is 0 Å². The summed E-state index contributed by atoms with van der Waals surface area (Å²) in [5.74, 6) is -0.0717. The zero-order valence-electron chi connectivity index (χ0n) is 10.8. The highest BCUT2D eigenvalue weighted by molar-refractivity contribution is 5.88. The number of carbonyl (C=O) groups excluding carboxylic acids is 1. The van der Waals surface area contributed by atoms with E-state index in [4.69, 9.17) is 0 Å². The van der Waals surface area contributed by atoms with Crippen LogP contribution < -0.4 is 10.6 Å². The molecule has 0 unspecified atom stereocenters. The van der Waals surface area contributed by atoms with Crippen LogP contribution in [0.15, 0.2) is 43.2 Å². The second-order valence-electron chi connectivity index (χ2n) is 4.12. The minimum Gasteiger partial charge on any atom is -0.381 e. The van der Waals surface area contributed by atoms with Crippen molar-refractivity contribution in [3.05, 3.63) is 48.8 Å². The van der Waals surface area contributed by atoms with Crippen molar-refractivity contribution in [1.82, 2.24) is 9.78 Å². The van der Waals surface area contributed by atoms with Crippen LogP contribution in [0.25, 0.3) is 6.20 Å². The Morgan fingerprint density at radius 3 is 2.63 bits per heavy atom. The number of hydrogen-bond acceptors (Lipinski definition) is 3. The normalized spacial score (nSPS) is 9.95. The van der Waals surface area contributed by atoms with Gasteiger partial charge in [0.25, 0.3) is 0 Å². The van der Waals surface area contributed by atoms with Crippen molar-refractivity contribution in [2.45, 2.75) is 13.5 Å². The van der Waals surface area contributed by atoms with Gasteiger partial charge in [0.05, 0.1) is 6.20 Å². The highest BCUT2D eigenvalue weighted by Gasteiger charge is 1.98. The van der Waals surface area contributed by atoms with Gasteiger partial charge in [0, 0.05) is 42.8 Å². The molecule has 0 atom stereocenters. The molecule has 2 N–H and O–H groups in total. The molecule has 0 radical (unpaired) electrons. The van der Waals surface area contributed by atoms with Crippen molar-refractivity contribution in [2.24, 2.45) is 0 Å². The summed E-state index contributed by atoms with van der Waals surface area (Å²) >= 11 is 0. The zero-order chi connectivity index (χ0) is 13.7. The van der Waals surface area contributed by atoms with Crippen LogP contribution in [-0.4, -0.2) is 15.7 Å². The van der Waals surface area contributed by atoms with E-state index >= 15 is 0 Å². The van der Waals surface area contributed by atoms with Gasteiger partial charge in [-0.15, -0.1) is 0 Å². The number of aromatic nitrogens is 2. The van der Waals surface area contributed by atoms with E-state index in [9.17, 15) is 4.79 Å². The predicted molar refractivity (Wildman–Crippen MR) is 76.7 cm³/mol. The van der Waals surface area contributed by atoms with Crippen LogP contribution in [0.5, 0.6) is 0 Å². The second-order valence-corrected chi connectivity index (χ2v) is 4.12. The minimum atomic E-state index is -0.0717. The summed E-state index contributed by atoms with van der Waals surface area (Å²) in [7, 11) is 0. The molecule has 0 spiro atoms. The summed E-state index contributed by atoms with van der Waals surface area (Å²) in [5, 5.41) is 10.1. The fraction of sp³-hybridized carbons (Fsp3) is 0.143. The number of nitrogens with zero attached hydrogens (tertiary/aromatic N) is 2. The minimum absolute atomic E-state index is 0.0717. The van der Waals surface area contributed by atoms with Gasteiger partial charge < -0.3 is 10.6 Å². The molecule has 1 heterocycles. The van der Waals surface area contributed by atoms with Crippen LogP contribution in [0, 0.1) is 0 Å². The van der Waals surface area contributed by atoms with Gasteiger partial charge in [-0.05, 0) is 24.3 Å². The average Bonchev–Trinajstić information content (AvgIpc) is 2.85. The van der Waals surface area contributed by atoms with E-state index in [2.05, 4.69) is 22.3 Å². The van der Waals surface area contributed by atoms with Gasteiger partial charge in [-0.2, -0.15) is 5.10 Å². The Bertz CT molecular complexity index is 571. The molecule has 19 heavy (non-hydrogen) atoms. The molecular weight excluding hydrogens is 240 g/mol. The molecule has 0 fully saturated rings. The molecular formula is C14H16N4O. The number of anilines is 2. The first-order chi connectivity index (χ1) is 9.17. The summed E-state index contributed by atoms with van der Waals surface area (Å²) in [6.45, 7) is 5.82. The van der Waals surface area contributed by atoms with Gasteiger partial charge in [0.2, 0.25) is 5.91 Å². The molecule has 1 aromatic carbocycles. The van der Waals surface area contributed by atoms with E-state index in [1.807, 2.05) is 30.5 Å². The topological polar surface area (TPSA) is 59.0 Å². The van der Waals surface area contributed by atoms with E-state index < -0.39 is 0 Å². The molecule has 98 valence electrons. The Morgan fingerprint density at radius 2 is 2.05 bits per heavy atom. The van der Waals surface area contributed by atoms with Crippen LogP contribution in [0.3, 0.4) is 0 Å². The molecule has 5 heteroatoms. The maximum absolute atomic E-state index is 10.9. The van der Waals surface area contributed by atoms with Crippen molar-refractivity contribution in [2.75, 3.05) is 10.6 Å². The van der Waals surface area contributed by atoms with Crippen LogP contribution in [0.2, 0.25) is 0 Å². The first-order valence-corrected chi connectivity index (χ1v) is 5.94. The molecule has 1 aromatic heterocycles. The molecule has 1 amide bonds. The van der Waals surface area contributed by atoms with Gasteiger partial charge in [-0.3, -0.25) is 4.79 Å². The second kappa shape index (κ2) is 5.86. The number of carbonyl (C=O) groups is 1. The Balaban J connectivity index is 1.92. The third-order valence-electron chi connectivity index (χ3n) is 2.54. The van der Waals surface area contributed by atoms with Crippen molar-refractivity contribution >= 4 is 23.5 Å². The van der Waals surface area contributed by atoms with Gasteiger partial charge in [-0.25, -0.2) is 4.68 Å². The lowest BCUT2D eigenvalue weighted by molar-refractivity contribution is -0.114. The summed E-state index contributed by atoms with van der Waals surface area (Å²) in [6, 6.07) is 7.56. The number of nitrogens with one attached hydrogen (secondary N) is 2. The summed E-state index contributed by atoms with van der Waals surface area (Å²) in [4.78, 5) is 10.9. The molecule has 5 nitrogen and oxygen atoms in total. The number of amides is 1. The molecule has 2 rings (SSSR count). The maximum atomic E-state index is 10.9. The SMILES string of the molecule is C=Cn1cc(CNc2ccc(NC(C)=O)cc2)cn1. The Hall–Kier alpha value is -2.56. The van der Waals surface area contributed by atoms with E-state index in [0.717, 1.165) is 16.9 Å². The third-order valence-corrected chi connectivity index (χ3v) is 2.54. The van der Waals surface area contributed by atoms with Crippen molar-refractivity contribution in [3.8, 4) is 0 Å². The molecule has 0 aliphatic carbocycles. The van der Waals surface area contributed by atoms with Crippen molar-refractivity contribution < 1.29 is 4.79 Å². The lowest BCUT2D eigenvalue weighted by Crippen LogP contribution is -2.05. The van der Waals surface area contributed by atoms with Crippen molar-refractivity contribution in [3.63, 3.8) is 0 Å². The molecule has 0 aliphatic heterocycles. The predicted octanol–water partition coefficient (Wildman–Crippen LogP) is 2.55. The monoisotopic (exact) mass is 256 g/mol. The van der Waals surface area contributed by atoms with Crippen LogP contribution in [0.4, 0.5) is 11.4 Å². The lowest BCUT2D eigenvalue weighted by atomic mass is 10.2. The van der Waals surface area contributed by atoms with E-state index in [-0.39, 0.29) is 5.91 Å². The Labute approximate surface area is 111 Å². The fourth-order valence-electron chi connectivity index (χ4n) is 1.65. The first kappa shape index (κ1) is 12.9. The highest BCUT2D eigenvalue weighted by Crippen LogP contribution is 2.14. The Morgan fingerprint density at radius 1 is 1.37 bits per heavy atom. The highest BCUT2D eigenvalue weighted by atomic mass is 16.1. The zero-order valence-corrected chi connectivity index (χ0v) is 10.8. The van der Waals surface area contributed by atoms with Gasteiger partial charge in [-0.1, -0.05) is 6.58 Å². The smallest absolute Gasteiger partial charge is 0.221 e. The molecule has 0 saturated heterocycles. The standard InChI is InChI=1S/C14H16N4O/c1-3-18-10-12(9-16-18)8-15-13-4-6-14(7-5-13)17-11(2)19/h3-7,9-10,15H,1,8H2,2H3,(H,17,19). The number of hydrogen-bond donors (Lipinski definition) is 2.